The van der Waals surface area contributed by atoms with Crippen LogP contribution in [0.3, 0.4) is 0 Å². The molecule has 1 saturated carbocycles. The van der Waals surface area contributed by atoms with Gasteiger partial charge in [0, 0.05) is 17.6 Å². The number of amides is 1. The topological polar surface area (TPSA) is 101 Å². The van der Waals surface area contributed by atoms with E-state index in [1.807, 2.05) is 13.8 Å². The highest BCUT2D eigenvalue weighted by atomic mass is 16.2. The predicted octanol–water partition coefficient (Wildman–Crippen LogP) is 1.20. The minimum absolute atomic E-state index is 0.0442. The summed E-state index contributed by atoms with van der Waals surface area (Å²) >= 11 is 0. The molecule has 0 spiro atoms. The third-order valence-electron chi connectivity index (χ3n) is 4.72. The van der Waals surface area contributed by atoms with Gasteiger partial charge in [0.25, 0.3) is 11.5 Å². The maximum absolute atomic E-state index is 12.8. The molecule has 0 bridgehead atoms. The Morgan fingerprint density at radius 2 is 2.16 bits per heavy atom. The van der Waals surface area contributed by atoms with E-state index in [1.54, 1.807) is 22.8 Å². The number of rotatable bonds is 4. The molecule has 1 aliphatic carbocycles. The number of benzene rings is 1. The number of aromatic nitrogens is 4. The normalized spacial score (nSPS) is 15.6. The van der Waals surface area contributed by atoms with Gasteiger partial charge in [-0.3, -0.25) is 14.2 Å². The van der Waals surface area contributed by atoms with Crippen molar-refractivity contribution in [2.75, 3.05) is 0 Å². The molecule has 1 aliphatic rings. The maximum Gasteiger partial charge on any atom is 0.349 e. The van der Waals surface area contributed by atoms with Crippen molar-refractivity contribution in [3.63, 3.8) is 0 Å². The Morgan fingerprint density at radius 3 is 2.84 bits per heavy atom. The van der Waals surface area contributed by atoms with Gasteiger partial charge in [0.05, 0.1) is 10.9 Å². The van der Waals surface area contributed by atoms with E-state index >= 15 is 0 Å². The highest BCUT2D eigenvalue weighted by molar-refractivity contribution is 5.98. The van der Waals surface area contributed by atoms with E-state index in [1.165, 1.54) is 4.40 Å². The number of carbonyl (C=O) groups is 1. The average molecular weight is 341 g/mol. The molecule has 3 aromatic rings. The number of hydrogen-bond donors (Lipinski definition) is 2. The average Bonchev–Trinajstić information content (AvgIpc) is 3.37. The van der Waals surface area contributed by atoms with Crippen molar-refractivity contribution in [1.82, 2.24) is 24.5 Å². The zero-order valence-corrected chi connectivity index (χ0v) is 14.1. The maximum atomic E-state index is 12.8. The summed E-state index contributed by atoms with van der Waals surface area (Å²) in [6.45, 7) is 3.91. The van der Waals surface area contributed by atoms with Gasteiger partial charge in [-0.1, -0.05) is 6.92 Å². The van der Waals surface area contributed by atoms with Gasteiger partial charge in [-0.15, -0.1) is 5.10 Å². The number of nitrogens with zero attached hydrogens (tertiary/aromatic N) is 3. The van der Waals surface area contributed by atoms with Crippen LogP contribution in [-0.4, -0.2) is 31.1 Å². The van der Waals surface area contributed by atoms with Crippen LogP contribution in [0.15, 0.2) is 27.8 Å². The summed E-state index contributed by atoms with van der Waals surface area (Å²) < 4.78 is 2.94. The molecule has 25 heavy (non-hydrogen) atoms. The van der Waals surface area contributed by atoms with Crippen molar-refractivity contribution >= 4 is 22.6 Å². The Morgan fingerprint density at radius 1 is 1.40 bits per heavy atom. The molecule has 2 N–H and O–H groups in total. The summed E-state index contributed by atoms with van der Waals surface area (Å²) in [4.78, 5) is 37.4. The van der Waals surface area contributed by atoms with E-state index < -0.39 is 5.69 Å². The fourth-order valence-electron chi connectivity index (χ4n) is 3.00. The van der Waals surface area contributed by atoms with Crippen LogP contribution < -0.4 is 16.6 Å². The molecular formula is C17H19N5O3. The van der Waals surface area contributed by atoms with Gasteiger partial charge in [-0.25, -0.2) is 14.3 Å². The van der Waals surface area contributed by atoms with Crippen LogP contribution in [0, 0.1) is 0 Å². The van der Waals surface area contributed by atoms with E-state index in [9.17, 15) is 14.4 Å². The summed E-state index contributed by atoms with van der Waals surface area (Å²) in [5.74, 6) is 0.0665. The molecule has 1 aromatic carbocycles. The largest absolute Gasteiger partial charge is 0.350 e. The minimum Gasteiger partial charge on any atom is -0.350 e. The lowest BCUT2D eigenvalue weighted by atomic mass is 10.1. The highest BCUT2D eigenvalue weighted by Crippen LogP contribution is 2.34. The van der Waals surface area contributed by atoms with Gasteiger partial charge >= 0.3 is 5.69 Å². The number of carbonyl (C=O) groups excluding carboxylic acids is 1. The molecule has 4 rings (SSSR count). The van der Waals surface area contributed by atoms with E-state index in [-0.39, 0.29) is 23.6 Å². The van der Waals surface area contributed by atoms with E-state index in [2.05, 4.69) is 15.5 Å². The van der Waals surface area contributed by atoms with Crippen LogP contribution in [0.4, 0.5) is 0 Å². The second-order valence-electron chi connectivity index (χ2n) is 6.59. The van der Waals surface area contributed by atoms with Crippen molar-refractivity contribution in [2.45, 2.75) is 45.2 Å². The monoisotopic (exact) mass is 341 g/mol. The van der Waals surface area contributed by atoms with Crippen LogP contribution in [0.5, 0.6) is 0 Å². The minimum atomic E-state index is -0.422. The molecule has 1 amide bonds. The van der Waals surface area contributed by atoms with Crippen molar-refractivity contribution in [1.29, 1.82) is 0 Å². The van der Waals surface area contributed by atoms with Crippen molar-refractivity contribution in [2.24, 2.45) is 0 Å². The fraction of sp³-hybridized carbons (Fsp3) is 0.412. The standard InChI is InChI=1S/C17H19N5O3/c1-3-9(2)18-14(23)10-4-7-12-13(8-10)22-16(19-20-17(22)25)21(15(12)24)11-5-6-11/h4,7-9,11H,3,5-6H2,1-2H3,(H,18,23)(H,20,25). The molecular weight excluding hydrogens is 322 g/mol. The molecule has 2 heterocycles. The zero-order valence-electron chi connectivity index (χ0n) is 14.1. The lowest BCUT2D eigenvalue weighted by Crippen LogP contribution is -2.32. The van der Waals surface area contributed by atoms with Crippen molar-refractivity contribution < 1.29 is 4.79 Å². The number of fused-ring (bicyclic) bond motifs is 3. The lowest BCUT2D eigenvalue weighted by molar-refractivity contribution is 0.0939. The molecule has 1 fully saturated rings. The Hall–Kier alpha value is -2.90. The molecule has 8 nitrogen and oxygen atoms in total. The highest BCUT2D eigenvalue weighted by Gasteiger charge is 2.29. The first-order valence-corrected chi connectivity index (χ1v) is 8.47. The van der Waals surface area contributed by atoms with Gasteiger partial charge in [0.15, 0.2) is 0 Å². The Bertz CT molecular complexity index is 1100. The van der Waals surface area contributed by atoms with Crippen LogP contribution in [0.25, 0.3) is 16.7 Å². The molecule has 0 saturated heterocycles. The quantitative estimate of drug-likeness (QED) is 0.744. The van der Waals surface area contributed by atoms with Crippen molar-refractivity contribution in [3.05, 3.63) is 44.6 Å². The number of hydrogen-bond acceptors (Lipinski definition) is 4. The summed E-state index contributed by atoms with van der Waals surface area (Å²) in [5.41, 5.74) is 0.199. The summed E-state index contributed by atoms with van der Waals surface area (Å²) in [6, 6.07) is 4.94. The lowest BCUT2D eigenvalue weighted by Gasteiger charge is -2.13. The van der Waals surface area contributed by atoms with Gasteiger partial charge in [0.1, 0.15) is 0 Å². The summed E-state index contributed by atoms with van der Waals surface area (Å²) in [7, 11) is 0. The third kappa shape index (κ3) is 2.45. The van der Waals surface area contributed by atoms with Gasteiger partial charge in [-0.05, 0) is 44.4 Å². The number of nitrogens with one attached hydrogen (secondary N) is 2. The molecule has 1 atom stereocenters. The third-order valence-corrected chi connectivity index (χ3v) is 4.72. The van der Waals surface area contributed by atoms with Crippen molar-refractivity contribution in [3.8, 4) is 0 Å². The first kappa shape index (κ1) is 15.6. The zero-order chi connectivity index (χ0) is 17.7. The molecule has 130 valence electrons. The first-order chi connectivity index (χ1) is 12.0. The second kappa shape index (κ2) is 5.58. The molecule has 2 aromatic heterocycles. The van der Waals surface area contributed by atoms with Crippen LogP contribution in [-0.2, 0) is 0 Å². The van der Waals surface area contributed by atoms with Gasteiger partial charge in [-0.2, -0.15) is 0 Å². The number of aromatic amines is 1. The molecule has 1 unspecified atom stereocenters. The second-order valence-corrected chi connectivity index (χ2v) is 6.59. The van der Waals surface area contributed by atoms with E-state index in [0.29, 0.717) is 22.2 Å². The Kier molecular flexibility index (Phi) is 3.48. The van der Waals surface area contributed by atoms with Crippen LogP contribution in [0.1, 0.15) is 49.5 Å². The van der Waals surface area contributed by atoms with Crippen LogP contribution >= 0.6 is 0 Å². The predicted molar refractivity (Wildman–Crippen MR) is 93.1 cm³/mol. The van der Waals surface area contributed by atoms with Gasteiger partial charge < -0.3 is 5.32 Å². The number of H-pyrrole nitrogens is 1. The fourth-order valence-corrected chi connectivity index (χ4v) is 3.00. The summed E-state index contributed by atoms with van der Waals surface area (Å²) in [5, 5.41) is 9.71. The first-order valence-electron chi connectivity index (χ1n) is 8.47. The Labute approximate surface area is 142 Å². The SMILES string of the molecule is CCC(C)NC(=O)c1ccc2c(=O)n(C3CC3)c3n[nH]c(=O)n3c2c1. The van der Waals surface area contributed by atoms with Gasteiger partial charge in [0.2, 0.25) is 5.78 Å². The summed E-state index contributed by atoms with van der Waals surface area (Å²) in [6.07, 6.45) is 2.62. The van der Waals surface area contributed by atoms with E-state index in [4.69, 9.17) is 0 Å². The van der Waals surface area contributed by atoms with Crippen LogP contribution in [0.2, 0.25) is 0 Å². The molecule has 8 heteroatoms. The van der Waals surface area contributed by atoms with E-state index in [0.717, 1.165) is 19.3 Å². The smallest absolute Gasteiger partial charge is 0.349 e. The molecule has 0 radical (unpaired) electrons. The molecule has 0 aliphatic heterocycles. The Balaban J connectivity index is 1.96.